The summed E-state index contributed by atoms with van der Waals surface area (Å²) in [5.41, 5.74) is 0. The van der Waals surface area contributed by atoms with Crippen LogP contribution in [-0.2, 0) is 11.2 Å². The van der Waals surface area contributed by atoms with Gasteiger partial charge in [-0.05, 0) is 60.5 Å². The number of thiophene rings is 1. The average molecular weight is 401 g/mol. The van der Waals surface area contributed by atoms with Crippen molar-refractivity contribution in [2.75, 3.05) is 19.6 Å². The second-order valence-electron chi connectivity index (χ2n) is 4.29. The van der Waals surface area contributed by atoms with Crippen molar-refractivity contribution in [3.05, 3.63) is 19.9 Å². The lowest BCUT2D eigenvalue weighted by atomic mass is 9.99. The van der Waals surface area contributed by atoms with Crippen molar-refractivity contribution in [2.45, 2.75) is 19.3 Å². The third-order valence-electron chi connectivity index (χ3n) is 2.97. The zero-order valence-corrected chi connectivity index (χ0v) is 13.9. The fraction of sp³-hybridized carbons (Fsp3) is 0.583. The third-order valence-corrected chi connectivity index (χ3v) is 4.92. The van der Waals surface area contributed by atoms with Crippen LogP contribution in [0, 0.1) is 8.80 Å². The Morgan fingerprint density at radius 3 is 3.00 bits per heavy atom. The van der Waals surface area contributed by atoms with E-state index in [1.54, 1.807) is 11.3 Å². The SMILES string of the molecule is Cl.O=C(NCCc1ccc(I)s1)C1CCCNC1. The molecule has 1 aromatic rings. The molecule has 102 valence electrons. The molecule has 3 nitrogen and oxygen atoms in total. The smallest absolute Gasteiger partial charge is 0.224 e. The highest BCUT2D eigenvalue weighted by Crippen LogP contribution is 2.18. The number of halogens is 2. The Balaban J connectivity index is 0.00000162. The second kappa shape index (κ2) is 8.35. The minimum Gasteiger partial charge on any atom is -0.355 e. The Bertz CT molecular complexity index is 380. The summed E-state index contributed by atoms with van der Waals surface area (Å²) < 4.78 is 1.31. The monoisotopic (exact) mass is 400 g/mol. The van der Waals surface area contributed by atoms with Gasteiger partial charge in [-0.25, -0.2) is 0 Å². The van der Waals surface area contributed by atoms with Crippen molar-refractivity contribution in [2.24, 2.45) is 5.92 Å². The Labute approximate surface area is 132 Å². The quantitative estimate of drug-likeness (QED) is 0.762. The molecular formula is C12H18ClIN2OS. The molecule has 1 amide bonds. The molecule has 0 radical (unpaired) electrons. The number of nitrogens with one attached hydrogen (secondary N) is 2. The first kappa shape index (κ1) is 16.2. The number of amides is 1. The van der Waals surface area contributed by atoms with Crippen molar-refractivity contribution in [3.8, 4) is 0 Å². The maximum Gasteiger partial charge on any atom is 0.224 e. The van der Waals surface area contributed by atoms with E-state index < -0.39 is 0 Å². The van der Waals surface area contributed by atoms with Gasteiger partial charge in [0.25, 0.3) is 0 Å². The van der Waals surface area contributed by atoms with Gasteiger partial charge in [0.05, 0.1) is 8.80 Å². The third kappa shape index (κ3) is 5.03. The van der Waals surface area contributed by atoms with Gasteiger partial charge in [-0.15, -0.1) is 23.7 Å². The maximum atomic E-state index is 11.8. The summed E-state index contributed by atoms with van der Waals surface area (Å²) in [5.74, 6) is 0.385. The molecule has 0 spiro atoms. The highest BCUT2D eigenvalue weighted by atomic mass is 127. The first-order valence-corrected chi connectivity index (χ1v) is 7.88. The van der Waals surface area contributed by atoms with Crippen LogP contribution in [0.5, 0.6) is 0 Å². The zero-order chi connectivity index (χ0) is 12.1. The maximum absolute atomic E-state index is 11.8. The van der Waals surface area contributed by atoms with Crippen molar-refractivity contribution >= 4 is 52.2 Å². The normalized spacial score (nSPS) is 19.1. The van der Waals surface area contributed by atoms with Gasteiger partial charge in [0.1, 0.15) is 0 Å². The summed E-state index contributed by atoms with van der Waals surface area (Å²) >= 11 is 4.12. The molecule has 1 aliphatic heterocycles. The topological polar surface area (TPSA) is 41.1 Å². The van der Waals surface area contributed by atoms with E-state index in [0.29, 0.717) is 0 Å². The van der Waals surface area contributed by atoms with E-state index in [1.165, 1.54) is 7.76 Å². The number of carbonyl (C=O) groups is 1. The standard InChI is InChI=1S/C12H17IN2OS.ClH/c13-11-4-3-10(17-11)5-7-15-12(16)9-2-1-6-14-8-9;/h3-4,9,14H,1-2,5-8H2,(H,15,16);1H. The lowest BCUT2D eigenvalue weighted by Gasteiger charge is -2.21. The van der Waals surface area contributed by atoms with Crippen LogP contribution in [0.3, 0.4) is 0 Å². The van der Waals surface area contributed by atoms with Crippen molar-refractivity contribution in [1.82, 2.24) is 10.6 Å². The van der Waals surface area contributed by atoms with E-state index in [1.807, 2.05) is 0 Å². The molecule has 2 heterocycles. The molecule has 1 atom stereocenters. The van der Waals surface area contributed by atoms with Gasteiger partial charge in [-0.2, -0.15) is 0 Å². The van der Waals surface area contributed by atoms with E-state index in [4.69, 9.17) is 0 Å². The lowest BCUT2D eigenvalue weighted by Crippen LogP contribution is -2.41. The van der Waals surface area contributed by atoms with Crippen LogP contribution in [0.4, 0.5) is 0 Å². The average Bonchev–Trinajstić information content (AvgIpc) is 2.76. The van der Waals surface area contributed by atoms with Crippen LogP contribution in [0.15, 0.2) is 12.1 Å². The van der Waals surface area contributed by atoms with Gasteiger partial charge in [0.2, 0.25) is 5.91 Å². The molecule has 0 aliphatic carbocycles. The molecule has 0 bridgehead atoms. The van der Waals surface area contributed by atoms with E-state index in [9.17, 15) is 4.79 Å². The van der Waals surface area contributed by atoms with Crippen LogP contribution in [0.2, 0.25) is 0 Å². The predicted molar refractivity (Wildman–Crippen MR) is 86.6 cm³/mol. The summed E-state index contributed by atoms with van der Waals surface area (Å²) in [7, 11) is 0. The summed E-state index contributed by atoms with van der Waals surface area (Å²) in [6.45, 7) is 2.64. The van der Waals surface area contributed by atoms with Gasteiger partial charge >= 0.3 is 0 Å². The summed E-state index contributed by atoms with van der Waals surface area (Å²) in [6, 6.07) is 4.26. The van der Waals surface area contributed by atoms with E-state index in [-0.39, 0.29) is 24.2 Å². The first-order valence-electron chi connectivity index (χ1n) is 5.98. The summed E-state index contributed by atoms with van der Waals surface area (Å²) in [5, 5.41) is 6.30. The highest BCUT2D eigenvalue weighted by molar-refractivity contribution is 14.1. The fourth-order valence-electron chi connectivity index (χ4n) is 2.01. The lowest BCUT2D eigenvalue weighted by molar-refractivity contribution is -0.125. The predicted octanol–water partition coefficient (Wildman–Crippen LogP) is 2.43. The summed E-state index contributed by atoms with van der Waals surface area (Å²) in [6.07, 6.45) is 3.08. The zero-order valence-electron chi connectivity index (χ0n) is 10.1. The van der Waals surface area contributed by atoms with Crippen molar-refractivity contribution < 1.29 is 4.79 Å². The van der Waals surface area contributed by atoms with Gasteiger partial charge in [0, 0.05) is 18.0 Å². The number of rotatable bonds is 4. The van der Waals surface area contributed by atoms with Crippen LogP contribution < -0.4 is 10.6 Å². The number of carbonyl (C=O) groups excluding carboxylic acids is 1. The van der Waals surface area contributed by atoms with Gasteiger partial charge in [-0.3, -0.25) is 4.79 Å². The molecule has 1 aliphatic rings. The van der Waals surface area contributed by atoms with Crippen LogP contribution in [0.25, 0.3) is 0 Å². The second-order valence-corrected chi connectivity index (χ2v) is 7.35. The Morgan fingerprint density at radius 2 is 2.39 bits per heavy atom. The minimum absolute atomic E-state index is 0. The van der Waals surface area contributed by atoms with Crippen LogP contribution >= 0.6 is 46.3 Å². The highest BCUT2D eigenvalue weighted by Gasteiger charge is 2.20. The van der Waals surface area contributed by atoms with E-state index in [0.717, 1.165) is 38.9 Å². The summed E-state index contributed by atoms with van der Waals surface area (Å²) in [4.78, 5) is 13.2. The van der Waals surface area contributed by atoms with E-state index >= 15 is 0 Å². The molecule has 2 rings (SSSR count). The Hall–Kier alpha value is 0.150. The minimum atomic E-state index is 0. The fourth-order valence-corrected chi connectivity index (χ4v) is 3.77. The molecule has 1 aromatic heterocycles. The van der Waals surface area contributed by atoms with Gasteiger partial charge < -0.3 is 10.6 Å². The number of piperidine rings is 1. The molecule has 2 N–H and O–H groups in total. The van der Waals surface area contributed by atoms with Gasteiger partial charge in [0.15, 0.2) is 0 Å². The molecule has 18 heavy (non-hydrogen) atoms. The molecule has 1 saturated heterocycles. The molecule has 0 saturated carbocycles. The molecule has 1 fully saturated rings. The van der Waals surface area contributed by atoms with Crippen molar-refractivity contribution in [1.29, 1.82) is 0 Å². The molecule has 6 heteroatoms. The Morgan fingerprint density at radius 1 is 1.56 bits per heavy atom. The number of hydrogen-bond donors (Lipinski definition) is 2. The molecule has 0 aromatic carbocycles. The van der Waals surface area contributed by atoms with Gasteiger partial charge in [-0.1, -0.05) is 0 Å². The van der Waals surface area contributed by atoms with Crippen LogP contribution in [0.1, 0.15) is 17.7 Å². The van der Waals surface area contributed by atoms with E-state index in [2.05, 4.69) is 45.4 Å². The largest absolute Gasteiger partial charge is 0.355 e. The molecule has 1 unspecified atom stereocenters. The number of hydrogen-bond acceptors (Lipinski definition) is 3. The van der Waals surface area contributed by atoms with Crippen LogP contribution in [-0.4, -0.2) is 25.5 Å². The first-order chi connectivity index (χ1) is 8.25. The van der Waals surface area contributed by atoms with Crippen molar-refractivity contribution in [3.63, 3.8) is 0 Å². The Kier molecular flexibility index (Phi) is 7.51. The molecular weight excluding hydrogens is 383 g/mol.